The Bertz CT molecular complexity index is 1350. The molecule has 3 aromatic rings. The smallest absolute Gasteiger partial charge is 0.368 e. The zero-order chi connectivity index (χ0) is 23.4. The molecule has 1 aliphatic rings. The first kappa shape index (κ1) is 22.6. The average molecular weight is 484 g/mol. The highest BCUT2D eigenvalue weighted by Crippen LogP contribution is 2.33. The van der Waals surface area contributed by atoms with Gasteiger partial charge in [-0.25, -0.2) is 4.79 Å². The maximum atomic E-state index is 12.7. The molecule has 0 N–H and O–H groups in total. The van der Waals surface area contributed by atoms with Crippen molar-refractivity contribution in [2.45, 2.75) is 11.8 Å². The second kappa shape index (κ2) is 9.48. The highest BCUT2D eigenvalue weighted by atomic mass is 35.5. The van der Waals surface area contributed by atoms with Gasteiger partial charge in [0.15, 0.2) is 11.5 Å². The van der Waals surface area contributed by atoms with E-state index < -0.39 is 16.1 Å². The summed E-state index contributed by atoms with van der Waals surface area (Å²) in [7, 11) is -4.11. The number of nitrogens with zero attached hydrogens (tertiary/aromatic N) is 1. The molecular formula is C24H18ClNO6S. The first-order chi connectivity index (χ1) is 15.9. The molecule has 0 saturated heterocycles. The zero-order valence-electron chi connectivity index (χ0n) is 17.4. The Labute approximate surface area is 196 Å². The molecular weight excluding hydrogens is 466 g/mol. The van der Waals surface area contributed by atoms with Crippen molar-refractivity contribution in [1.29, 1.82) is 0 Å². The monoisotopic (exact) mass is 483 g/mol. The molecule has 0 spiro atoms. The Balaban J connectivity index is 1.66. The number of hydrogen-bond acceptors (Lipinski definition) is 7. The fourth-order valence-electron chi connectivity index (χ4n) is 3.10. The first-order valence-electron chi connectivity index (χ1n) is 9.91. The van der Waals surface area contributed by atoms with Gasteiger partial charge in [-0.2, -0.15) is 8.42 Å². The maximum absolute atomic E-state index is 12.7. The molecule has 0 fully saturated rings. The molecule has 0 unspecified atom stereocenters. The Morgan fingerprint density at radius 2 is 1.73 bits per heavy atom. The molecule has 0 aliphatic carbocycles. The van der Waals surface area contributed by atoms with Gasteiger partial charge < -0.3 is 13.8 Å². The van der Waals surface area contributed by atoms with Crippen molar-refractivity contribution >= 4 is 39.5 Å². The minimum absolute atomic E-state index is 0.0138. The van der Waals surface area contributed by atoms with Gasteiger partial charge in [0.05, 0.1) is 12.2 Å². The van der Waals surface area contributed by atoms with E-state index in [2.05, 4.69) is 5.16 Å². The van der Waals surface area contributed by atoms with Gasteiger partial charge >= 0.3 is 16.1 Å². The first-order valence-corrected chi connectivity index (χ1v) is 11.7. The predicted octanol–water partition coefficient (Wildman–Crippen LogP) is 4.85. The summed E-state index contributed by atoms with van der Waals surface area (Å²) < 4.78 is 36.2. The van der Waals surface area contributed by atoms with Crippen molar-refractivity contribution in [2.24, 2.45) is 5.16 Å². The van der Waals surface area contributed by atoms with Crippen LogP contribution in [0.25, 0.3) is 6.08 Å². The third kappa shape index (κ3) is 5.08. The van der Waals surface area contributed by atoms with Crippen LogP contribution in [0, 0.1) is 0 Å². The predicted molar refractivity (Wildman–Crippen MR) is 124 cm³/mol. The molecule has 3 aromatic carbocycles. The number of oxime groups is 1. The lowest BCUT2D eigenvalue weighted by Gasteiger charge is -2.13. The van der Waals surface area contributed by atoms with Gasteiger partial charge in [-0.1, -0.05) is 53.2 Å². The van der Waals surface area contributed by atoms with E-state index >= 15 is 0 Å². The van der Waals surface area contributed by atoms with E-state index in [0.29, 0.717) is 16.3 Å². The van der Waals surface area contributed by atoms with Crippen LogP contribution < -0.4 is 8.92 Å². The second-order valence-corrected chi connectivity index (χ2v) is 8.86. The summed E-state index contributed by atoms with van der Waals surface area (Å²) in [6, 6.07) is 19.4. The van der Waals surface area contributed by atoms with Gasteiger partial charge in [-0.3, -0.25) is 0 Å². The van der Waals surface area contributed by atoms with Crippen LogP contribution in [0.4, 0.5) is 0 Å². The molecule has 168 valence electrons. The number of ether oxygens (including phenoxy) is 1. The van der Waals surface area contributed by atoms with Gasteiger partial charge in [0.25, 0.3) is 0 Å². The molecule has 33 heavy (non-hydrogen) atoms. The molecule has 0 aromatic heterocycles. The highest BCUT2D eigenvalue weighted by molar-refractivity contribution is 7.87. The van der Waals surface area contributed by atoms with Crippen molar-refractivity contribution in [3.63, 3.8) is 0 Å². The van der Waals surface area contributed by atoms with Crippen LogP contribution in [-0.2, 0) is 19.8 Å². The van der Waals surface area contributed by atoms with Gasteiger partial charge in [-0.05, 0) is 55.0 Å². The van der Waals surface area contributed by atoms with Crippen LogP contribution in [0.2, 0.25) is 5.02 Å². The van der Waals surface area contributed by atoms with E-state index in [1.165, 1.54) is 30.3 Å². The fraction of sp³-hybridized carbons (Fsp3) is 0.0833. The Morgan fingerprint density at radius 3 is 2.42 bits per heavy atom. The highest BCUT2D eigenvalue weighted by Gasteiger charge is 2.27. The summed E-state index contributed by atoms with van der Waals surface area (Å²) in [6.07, 6.45) is 1.60. The van der Waals surface area contributed by atoms with Crippen molar-refractivity contribution in [3.8, 4) is 11.5 Å². The molecule has 1 aliphatic heterocycles. The van der Waals surface area contributed by atoms with Gasteiger partial charge in [0, 0.05) is 10.6 Å². The van der Waals surface area contributed by atoms with E-state index in [4.69, 9.17) is 25.4 Å². The summed E-state index contributed by atoms with van der Waals surface area (Å²) in [4.78, 5) is 17.1. The van der Waals surface area contributed by atoms with Crippen LogP contribution in [0.15, 0.2) is 88.4 Å². The van der Waals surface area contributed by atoms with Crippen LogP contribution in [0.5, 0.6) is 11.5 Å². The topological polar surface area (TPSA) is 91.3 Å². The summed E-state index contributed by atoms with van der Waals surface area (Å²) >= 11 is 5.83. The van der Waals surface area contributed by atoms with E-state index in [-0.39, 0.29) is 28.6 Å². The fourth-order valence-corrected chi connectivity index (χ4v) is 4.17. The standard InChI is InChI=1S/C24H18ClNO6S/c1-2-30-22-15-16(14-20-23(26-31-24(20)27)17-6-4-3-5-7-17)8-13-21(22)32-33(28,29)19-11-9-18(25)10-12-19/h3-15H,2H2,1H3/b20-14-. The van der Waals surface area contributed by atoms with Crippen molar-refractivity contribution < 1.29 is 27.0 Å². The normalized spacial score (nSPS) is 14.7. The second-order valence-electron chi connectivity index (χ2n) is 6.87. The van der Waals surface area contributed by atoms with Crippen LogP contribution in [0.3, 0.4) is 0 Å². The Morgan fingerprint density at radius 1 is 1.00 bits per heavy atom. The number of hydrogen-bond donors (Lipinski definition) is 0. The van der Waals surface area contributed by atoms with Crippen LogP contribution >= 0.6 is 11.6 Å². The van der Waals surface area contributed by atoms with E-state index in [9.17, 15) is 13.2 Å². The SMILES string of the molecule is CCOc1cc(/C=C2\C(=O)ON=C2c2ccccc2)ccc1OS(=O)(=O)c1ccc(Cl)cc1. The minimum atomic E-state index is -4.11. The van der Waals surface area contributed by atoms with Gasteiger partial charge in [0.1, 0.15) is 10.6 Å². The zero-order valence-corrected chi connectivity index (χ0v) is 19.0. The van der Waals surface area contributed by atoms with Crippen molar-refractivity contribution in [3.05, 3.63) is 94.5 Å². The molecule has 4 rings (SSSR count). The quantitative estimate of drug-likeness (QED) is 0.271. The van der Waals surface area contributed by atoms with E-state index in [0.717, 1.165) is 5.56 Å². The van der Waals surface area contributed by atoms with Crippen molar-refractivity contribution in [1.82, 2.24) is 0 Å². The van der Waals surface area contributed by atoms with Crippen LogP contribution in [0.1, 0.15) is 18.1 Å². The molecule has 0 amide bonds. The van der Waals surface area contributed by atoms with E-state index in [1.807, 2.05) is 30.3 Å². The molecule has 9 heteroatoms. The lowest BCUT2D eigenvalue weighted by molar-refractivity contribution is -0.136. The summed E-state index contributed by atoms with van der Waals surface area (Å²) in [5.41, 5.74) is 1.98. The molecule has 0 saturated carbocycles. The largest absolute Gasteiger partial charge is 0.490 e. The van der Waals surface area contributed by atoms with Gasteiger partial charge in [-0.15, -0.1) is 0 Å². The summed E-state index contributed by atoms with van der Waals surface area (Å²) in [5, 5.41) is 4.29. The third-order valence-electron chi connectivity index (χ3n) is 4.62. The molecule has 1 heterocycles. The van der Waals surface area contributed by atoms with Gasteiger partial charge in [0.2, 0.25) is 0 Å². The molecule has 0 radical (unpaired) electrons. The Hall–Kier alpha value is -3.62. The lowest BCUT2D eigenvalue weighted by Crippen LogP contribution is -2.11. The Kier molecular flexibility index (Phi) is 6.48. The number of benzene rings is 3. The molecule has 0 atom stereocenters. The third-order valence-corrected chi connectivity index (χ3v) is 6.12. The average Bonchev–Trinajstić information content (AvgIpc) is 3.16. The minimum Gasteiger partial charge on any atom is -0.490 e. The number of carbonyl (C=O) groups excluding carboxylic acids is 1. The summed E-state index contributed by atoms with van der Waals surface area (Å²) in [5.74, 6) is -0.369. The number of carbonyl (C=O) groups is 1. The number of halogens is 1. The van der Waals surface area contributed by atoms with E-state index in [1.54, 1.807) is 25.1 Å². The van der Waals surface area contributed by atoms with Crippen LogP contribution in [-0.4, -0.2) is 26.7 Å². The molecule has 7 nitrogen and oxygen atoms in total. The lowest BCUT2D eigenvalue weighted by atomic mass is 10.0. The number of rotatable bonds is 7. The maximum Gasteiger partial charge on any atom is 0.368 e. The summed E-state index contributed by atoms with van der Waals surface area (Å²) in [6.45, 7) is 2.03. The molecule has 0 bridgehead atoms. The van der Waals surface area contributed by atoms with Crippen molar-refractivity contribution in [2.75, 3.05) is 6.61 Å².